The molecular weight excluding hydrogens is 229 g/mol. The minimum atomic E-state index is -0.687. The van der Waals surface area contributed by atoms with Gasteiger partial charge in [0.25, 0.3) is 0 Å². The molecule has 1 rings (SSSR count). The van der Waals surface area contributed by atoms with Crippen LogP contribution in [0, 0.1) is 17.1 Å². The lowest BCUT2D eigenvalue weighted by Gasteiger charge is -2.05. The van der Waals surface area contributed by atoms with Gasteiger partial charge in [-0.15, -0.1) is 12.6 Å². The van der Waals surface area contributed by atoms with Crippen molar-refractivity contribution in [3.05, 3.63) is 29.1 Å². The van der Waals surface area contributed by atoms with Gasteiger partial charge in [-0.05, 0) is 19.1 Å². The zero-order valence-corrected chi connectivity index (χ0v) is 9.55. The van der Waals surface area contributed by atoms with Crippen LogP contribution < -0.4 is 0 Å². The number of esters is 1. The van der Waals surface area contributed by atoms with E-state index >= 15 is 0 Å². The van der Waals surface area contributed by atoms with Crippen LogP contribution in [0.4, 0.5) is 4.39 Å². The lowest BCUT2D eigenvalue weighted by atomic mass is 10.1. The Morgan fingerprint density at radius 1 is 1.62 bits per heavy atom. The fourth-order valence-corrected chi connectivity index (χ4v) is 1.53. The molecule has 0 saturated heterocycles. The number of carbonyl (C=O) groups is 1. The van der Waals surface area contributed by atoms with E-state index in [0.717, 1.165) is 0 Å². The van der Waals surface area contributed by atoms with Crippen molar-refractivity contribution in [3.63, 3.8) is 0 Å². The summed E-state index contributed by atoms with van der Waals surface area (Å²) in [6.07, 6.45) is -0.192. The third kappa shape index (κ3) is 2.97. The van der Waals surface area contributed by atoms with Crippen molar-refractivity contribution in [1.82, 2.24) is 0 Å². The lowest BCUT2D eigenvalue weighted by Crippen LogP contribution is -2.09. The van der Waals surface area contributed by atoms with Crippen molar-refractivity contribution in [2.75, 3.05) is 6.61 Å². The topological polar surface area (TPSA) is 50.1 Å². The van der Waals surface area contributed by atoms with Gasteiger partial charge in [-0.25, -0.2) is 4.39 Å². The second kappa shape index (κ2) is 5.52. The molecule has 16 heavy (non-hydrogen) atoms. The van der Waals surface area contributed by atoms with Crippen LogP contribution in [0.3, 0.4) is 0 Å². The second-order valence-electron chi connectivity index (χ2n) is 3.06. The molecule has 0 saturated carbocycles. The number of hydrogen-bond donors (Lipinski definition) is 1. The first-order valence-corrected chi connectivity index (χ1v) is 5.10. The molecule has 0 heterocycles. The van der Waals surface area contributed by atoms with Gasteiger partial charge in [-0.3, -0.25) is 4.79 Å². The van der Waals surface area contributed by atoms with E-state index in [0.29, 0.717) is 4.90 Å². The number of rotatable bonds is 3. The molecule has 0 atom stereocenters. The van der Waals surface area contributed by atoms with Crippen LogP contribution in [0.2, 0.25) is 0 Å². The Hall–Kier alpha value is -1.54. The van der Waals surface area contributed by atoms with Crippen LogP contribution in [0.25, 0.3) is 0 Å². The Bertz CT molecular complexity index is 454. The summed E-state index contributed by atoms with van der Waals surface area (Å²) in [6.45, 7) is 1.91. The van der Waals surface area contributed by atoms with Crippen molar-refractivity contribution < 1.29 is 13.9 Å². The highest BCUT2D eigenvalue weighted by molar-refractivity contribution is 7.80. The number of carbonyl (C=O) groups excluding carboxylic acids is 1. The minimum absolute atomic E-state index is 0.119. The van der Waals surface area contributed by atoms with Gasteiger partial charge in [0.15, 0.2) is 0 Å². The van der Waals surface area contributed by atoms with E-state index in [1.54, 1.807) is 13.0 Å². The Balaban J connectivity index is 3.01. The standard InChI is InChI=1S/C11H10FNO2S/c1-2-15-10(14)5-7-3-9(16)4-8(6-13)11(7)12/h3-4,16H,2,5H2,1H3. The summed E-state index contributed by atoms with van der Waals surface area (Å²) in [5.74, 6) is -1.21. The largest absolute Gasteiger partial charge is 0.466 e. The molecule has 0 unspecified atom stereocenters. The lowest BCUT2D eigenvalue weighted by molar-refractivity contribution is -0.142. The van der Waals surface area contributed by atoms with E-state index in [1.807, 2.05) is 0 Å². The number of ether oxygens (including phenoxy) is 1. The first-order chi connectivity index (χ1) is 7.58. The molecule has 0 radical (unpaired) electrons. The maximum absolute atomic E-state index is 13.6. The molecule has 0 aromatic heterocycles. The number of halogens is 1. The summed E-state index contributed by atoms with van der Waals surface area (Å²) in [7, 11) is 0. The van der Waals surface area contributed by atoms with Crippen molar-refractivity contribution >= 4 is 18.6 Å². The van der Waals surface area contributed by atoms with E-state index in [2.05, 4.69) is 12.6 Å². The Kier molecular flexibility index (Phi) is 4.32. The molecule has 0 aliphatic carbocycles. The fourth-order valence-electron chi connectivity index (χ4n) is 1.25. The van der Waals surface area contributed by atoms with Crippen molar-refractivity contribution in [2.45, 2.75) is 18.2 Å². The molecule has 84 valence electrons. The number of nitriles is 1. The highest BCUT2D eigenvalue weighted by Gasteiger charge is 2.13. The van der Waals surface area contributed by atoms with Crippen LogP contribution >= 0.6 is 12.6 Å². The van der Waals surface area contributed by atoms with Gasteiger partial charge >= 0.3 is 5.97 Å². The SMILES string of the molecule is CCOC(=O)Cc1cc(S)cc(C#N)c1F. The summed E-state index contributed by atoms with van der Waals surface area (Å²) in [5, 5.41) is 8.66. The van der Waals surface area contributed by atoms with E-state index in [9.17, 15) is 9.18 Å². The van der Waals surface area contributed by atoms with E-state index in [4.69, 9.17) is 10.00 Å². The normalized spacial score (nSPS) is 9.62. The number of thiol groups is 1. The maximum Gasteiger partial charge on any atom is 0.310 e. The van der Waals surface area contributed by atoms with Crippen molar-refractivity contribution in [2.24, 2.45) is 0 Å². The van der Waals surface area contributed by atoms with Crippen molar-refractivity contribution in [1.29, 1.82) is 5.26 Å². The average Bonchev–Trinajstić information content (AvgIpc) is 2.23. The summed E-state index contributed by atoms with van der Waals surface area (Å²) in [4.78, 5) is 11.6. The molecule has 0 bridgehead atoms. The Morgan fingerprint density at radius 2 is 2.31 bits per heavy atom. The van der Waals surface area contributed by atoms with E-state index < -0.39 is 11.8 Å². The molecule has 3 nitrogen and oxygen atoms in total. The Labute approximate surface area is 98.2 Å². The molecule has 5 heteroatoms. The van der Waals surface area contributed by atoms with Gasteiger partial charge in [0.05, 0.1) is 18.6 Å². The fraction of sp³-hybridized carbons (Fsp3) is 0.273. The predicted molar refractivity (Wildman–Crippen MR) is 58.7 cm³/mol. The predicted octanol–water partition coefficient (Wildman–Crippen LogP) is 2.09. The molecule has 0 aliphatic heterocycles. The summed E-state index contributed by atoms with van der Waals surface area (Å²) in [6, 6.07) is 4.43. The van der Waals surface area contributed by atoms with Crippen LogP contribution in [0.15, 0.2) is 17.0 Å². The van der Waals surface area contributed by atoms with Gasteiger partial charge in [0.2, 0.25) is 0 Å². The summed E-state index contributed by atoms with van der Waals surface area (Å²) < 4.78 is 18.3. The number of benzene rings is 1. The monoisotopic (exact) mass is 239 g/mol. The average molecular weight is 239 g/mol. The second-order valence-corrected chi connectivity index (χ2v) is 3.58. The number of hydrogen-bond acceptors (Lipinski definition) is 4. The van der Waals surface area contributed by atoms with Crippen LogP contribution in [0.1, 0.15) is 18.1 Å². The Morgan fingerprint density at radius 3 is 2.88 bits per heavy atom. The van der Waals surface area contributed by atoms with E-state index in [1.165, 1.54) is 12.1 Å². The zero-order chi connectivity index (χ0) is 12.1. The molecule has 0 spiro atoms. The molecule has 0 fully saturated rings. The van der Waals surface area contributed by atoms with Gasteiger partial charge < -0.3 is 4.74 Å². The molecule has 0 N–H and O–H groups in total. The zero-order valence-electron chi connectivity index (χ0n) is 8.66. The van der Waals surface area contributed by atoms with Crippen LogP contribution in [0.5, 0.6) is 0 Å². The smallest absolute Gasteiger partial charge is 0.310 e. The molecule has 0 amide bonds. The van der Waals surface area contributed by atoms with Gasteiger partial charge in [0, 0.05) is 10.5 Å². The molecular formula is C11H10FNO2S. The van der Waals surface area contributed by atoms with E-state index in [-0.39, 0.29) is 24.2 Å². The highest BCUT2D eigenvalue weighted by Crippen LogP contribution is 2.19. The van der Waals surface area contributed by atoms with Crippen LogP contribution in [-0.4, -0.2) is 12.6 Å². The first kappa shape index (κ1) is 12.5. The van der Waals surface area contributed by atoms with Crippen molar-refractivity contribution in [3.8, 4) is 6.07 Å². The van der Waals surface area contributed by atoms with Crippen LogP contribution in [-0.2, 0) is 16.0 Å². The van der Waals surface area contributed by atoms with Gasteiger partial charge in [-0.2, -0.15) is 5.26 Å². The molecule has 0 aliphatic rings. The number of nitrogens with zero attached hydrogens (tertiary/aromatic N) is 1. The summed E-state index contributed by atoms with van der Waals surface area (Å²) >= 11 is 4.03. The third-order valence-corrected chi connectivity index (χ3v) is 2.15. The first-order valence-electron chi connectivity index (χ1n) is 4.65. The quantitative estimate of drug-likeness (QED) is 0.649. The highest BCUT2D eigenvalue weighted by atomic mass is 32.1. The summed E-state index contributed by atoms with van der Waals surface area (Å²) in [5.41, 5.74) is 0.00861. The third-order valence-electron chi connectivity index (χ3n) is 1.89. The van der Waals surface area contributed by atoms with Gasteiger partial charge in [-0.1, -0.05) is 0 Å². The molecule has 1 aromatic carbocycles. The minimum Gasteiger partial charge on any atom is -0.466 e. The maximum atomic E-state index is 13.6. The van der Waals surface area contributed by atoms with Gasteiger partial charge in [0.1, 0.15) is 11.9 Å². The molecule has 1 aromatic rings.